The van der Waals surface area contributed by atoms with E-state index >= 15 is 0 Å². The van der Waals surface area contributed by atoms with Crippen LogP contribution in [0.3, 0.4) is 0 Å². The number of nitrogens with one attached hydrogen (secondary N) is 1. The summed E-state index contributed by atoms with van der Waals surface area (Å²) in [7, 11) is 1.52. The summed E-state index contributed by atoms with van der Waals surface area (Å²) in [6.45, 7) is 2.39. The maximum Gasteiger partial charge on any atom is 0.254 e. The molecule has 1 amide bonds. The highest BCUT2D eigenvalue weighted by Gasteiger charge is 2.13. The molecule has 0 spiro atoms. The lowest BCUT2D eigenvalue weighted by Gasteiger charge is -2.11. The average Bonchev–Trinajstić information content (AvgIpc) is 2.88. The summed E-state index contributed by atoms with van der Waals surface area (Å²) in [6, 6.07) is 0. The number of ether oxygens (including phenoxy) is 1. The molecule has 0 bridgehead atoms. The minimum Gasteiger partial charge on any atom is -0.391 e. The summed E-state index contributed by atoms with van der Waals surface area (Å²) >= 11 is 0. The first-order valence-electron chi connectivity index (χ1n) is 6.24. The van der Waals surface area contributed by atoms with Crippen LogP contribution < -0.4 is 5.32 Å². The van der Waals surface area contributed by atoms with Gasteiger partial charge in [-0.1, -0.05) is 0 Å². The molecule has 20 heavy (non-hydrogen) atoms. The second-order valence-corrected chi connectivity index (χ2v) is 4.38. The summed E-state index contributed by atoms with van der Waals surface area (Å²) < 4.78 is 6.32. The Bertz CT molecular complexity index is 598. The van der Waals surface area contributed by atoms with E-state index in [-0.39, 0.29) is 12.5 Å². The second kappa shape index (κ2) is 6.40. The van der Waals surface area contributed by atoms with Crippen molar-refractivity contribution in [2.45, 2.75) is 19.4 Å². The number of carbonyl (C=O) groups excluding carboxylic acids is 1. The Balaban J connectivity index is 1.99. The lowest BCUT2D eigenvalue weighted by molar-refractivity contribution is 0.0587. The summed E-state index contributed by atoms with van der Waals surface area (Å²) in [6.07, 6.45) is 2.70. The molecule has 2 aromatic heterocycles. The summed E-state index contributed by atoms with van der Waals surface area (Å²) in [5.41, 5.74) is 1.10. The van der Waals surface area contributed by atoms with Crippen molar-refractivity contribution in [1.29, 1.82) is 0 Å². The number of amides is 1. The van der Waals surface area contributed by atoms with Gasteiger partial charge in [0.15, 0.2) is 0 Å². The summed E-state index contributed by atoms with van der Waals surface area (Å²) in [5, 5.41) is 16.2. The van der Waals surface area contributed by atoms with Gasteiger partial charge in [0.2, 0.25) is 0 Å². The number of aliphatic hydroxyl groups excluding tert-OH is 1. The lowest BCUT2D eigenvalue weighted by atomic mass is 10.2. The van der Waals surface area contributed by atoms with E-state index in [9.17, 15) is 9.90 Å². The van der Waals surface area contributed by atoms with Gasteiger partial charge in [-0.05, 0) is 13.3 Å². The van der Waals surface area contributed by atoms with Gasteiger partial charge >= 0.3 is 0 Å². The zero-order chi connectivity index (χ0) is 14.5. The highest BCUT2D eigenvalue weighted by molar-refractivity contribution is 5.95. The molecule has 2 rings (SSSR count). The van der Waals surface area contributed by atoms with Crippen molar-refractivity contribution in [1.82, 2.24) is 24.9 Å². The molecule has 0 saturated carbocycles. The van der Waals surface area contributed by atoms with Gasteiger partial charge in [0, 0.05) is 19.9 Å². The Labute approximate surface area is 115 Å². The quantitative estimate of drug-likeness (QED) is 0.743. The molecule has 2 N–H and O–H groups in total. The minimum absolute atomic E-state index is 0.251. The van der Waals surface area contributed by atoms with Gasteiger partial charge < -0.3 is 15.2 Å². The average molecular weight is 279 g/mol. The number of aryl methyl sites for hydroxylation is 1. The molecule has 0 aromatic carbocycles. The first-order chi connectivity index (χ1) is 9.63. The predicted molar refractivity (Wildman–Crippen MR) is 70.4 cm³/mol. The molecule has 0 fully saturated rings. The van der Waals surface area contributed by atoms with Crippen LogP contribution in [-0.4, -0.2) is 57.0 Å². The zero-order valence-electron chi connectivity index (χ0n) is 11.4. The number of methoxy groups -OCH3 is 1. The third-order valence-corrected chi connectivity index (χ3v) is 2.91. The molecule has 0 aliphatic heterocycles. The standard InChI is InChI=1S/C12H17N5O3/c1-8-10(5-14-12-15-7-16-17(8)12)11(19)13-4-3-9(18)6-20-2/h5,7,9,18H,3-4,6H2,1-2H3,(H,13,19). The number of aromatic nitrogens is 4. The van der Waals surface area contributed by atoms with Crippen molar-refractivity contribution in [2.24, 2.45) is 0 Å². The van der Waals surface area contributed by atoms with Crippen LogP contribution >= 0.6 is 0 Å². The van der Waals surface area contributed by atoms with E-state index in [1.807, 2.05) is 0 Å². The normalized spacial score (nSPS) is 12.6. The SMILES string of the molecule is COCC(O)CCNC(=O)c1cnc2ncnn2c1C. The third-order valence-electron chi connectivity index (χ3n) is 2.91. The highest BCUT2D eigenvalue weighted by atomic mass is 16.5. The molecule has 0 aliphatic carbocycles. The molecule has 108 valence electrons. The molecule has 8 nitrogen and oxygen atoms in total. The van der Waals surface area contributed by atoms with E-state index in [1.165, 1.54) is 24.1 Å². The lowest BCUT2D eigenvalue weighted by Crippen LogP contribution is -2.29. The van der Waals surface area contributed by atoms with Gasteiger partial charge in [0.25, 0.3) is 11.7 Å². The fourth-order valence-electron chi connectivity index (χ4n) is 1.84. The van der Waals surface area contributed by atoms with Gasteiger partial charge in [0.1, 0.15) is 6.33 Å². The van der Waals surface area contributed by atoms with Crippen molar-refractivity contribution in [3.8, 4) is 0 Å². The highest BCUT2D eigenvalue weighted by Crippen LogP contribution is 2.07. The maximum absolute atomic E-state index is 12.0. The number of fused-ring (bicyclic) bond motifs is 1. The smallest absolute Gasteiger partial charge is 0.254 e. The van der Waals surface area contributed by atoms with E-state index in [0.29, 0.717) is 30.0 Å². The fraction of sp³-hybridized carbons (Fsp3) is 0.500. The molecule has 1 unspecified atom stereocenters. The summed E-state index contributed by atoms with van der Waals surface area (Å²) in [4.78, 5) is 20.0. The fourth-order valence-corrected chi connectivity index (χ4v) is 1.84. The van der Waals surface area contributed by atoms with Crippen molar-refractivity contribution in [3.63, 3.8) is 0 Å². The molecule has 8 heteroatoms. The van der Waals surface area contributed by atoms with Gasteiger partial charge in [-0.15, -0.1) is 0 Å². The van der Waals surface area contributed by atoms with Gasteiger partial charge in [-0.25, -0.2) is 9.50 Å². The van der Waals surface area contributed by atoms with Crippen molar-refractivity contribution in [2.75, 3.05) is 20.3 Å². The van der Waals surface area contributed by atoms with E-state index in [0.717, 1.165) is 0 Å². The number of rotatable bonds is 6. The van der Waals surface area contributed by atoms with Crippen LogP contribution in [-0.2, 0) is 4.74 Å². The monoisotopic (exact) mass is 279 g/mol. The predicted octanol–water partition coefficient (Wildman–Crippen LogP) is -0.440. The topological polar surface area (TPSA) is 102 Å². The number of aliphatic hydroxyl groups is 1. The van der Waals surface area contributed by atoms with Gasteiger partial charge in [0.05, 0.1) is 24.0 Å². The Morgan fingerprint density at radius 2 is 2.35 bits per heavy atom. The molecular weight excluding hydrogens is 262 g/mol. The van der Waals surface area contributed by atoms with Crippen molar-refractivity contribution < 1.29 is 14.6 Å². The Kier molecular flexibility index (Phi) is 4.59. The molecule has 0 saturated heterocycles. The van der Waals surface area contributed by atoms with Crippen LogP contribution in [0.4, 0.5) is 0 Å². The second-order valence-electron chi connectivity index (χ2n) is 4.38. The zero-order valence-corrected chi connectivity index (χ0v) is 11.4. The van der Waals surface area contributed by atoms with E-state index < -0.39 is 6.10 Å². The number of carbonyl (C=O) groups is 1. The molecule has 2 heterocycles. The van der Waals surface area contributed by atoms with E-state index in [4.69, 9.17) is 4.74 Å². The first kappa shape index (κ1) is 14.4. The summed E-state index contributed by atoms with van der Waals surface area (Å²) in [5.74, 6) is 0.201. The van der Waals surface area contributed by atoms with E-state index in [2.05, 4.69) is 20.4 Å². The third kappa shape index (κ3) is 3.09. The molecule has 1 atom stereocenters. The number of hydrogen-bond acceptors (Lipinski definition) is 6. The molecule has 0 aliphatic rings. The van der Waals surface area contributed by atoms with Crippen LogP contribution in [0.15, 0.2) is 12.5 Å². The van der Waals surface area contributed by atoms with Crippen molar-refractivity contribution >= 4 is 11.7 Å². The van der Waals surface area contributed by atoms with Crippen molar-refractivity contribution in [3.05, 3.63) is 23.8 Å². The Morgan fingerprint density at radius 1 is 1.55 bits per heavy atom. The molecule has 0 radical (unpaired) electrons. The van der Waals surface area contributed by atoms with Gasteiger partial charge in [-0.2, -0.15) is 10.1 Å². The number of hydrogen-bond donors (Lipinski definition) is 2. The van der Waals surface area contributed by atoms with E-state index in [1.54, 1.807) is 6.92 Å². The van der Waals surface area contributed by atoms with Crippen LogP contribution in [0.5, 0.6) is 0 Å². The van der Waals surface area contributed by atoms with Crippen LogP contribution in [0.2, 0.25) is 0 Å². The number of nitrogens with zero attached hydrogens (tertiary/aromatic N) is 4. The van der Waals surface area contributed by atoms with Gasteiger partial charge in [-0.3, -0.25) is 4.79 Å². The van der Waals surface area contributed by atoms with Crippen LogP contribution in [0.25, 0.3) is 5.78 Å². The largest absolute Gasteiger partial charge is 0.391 e. The minimum atomic E-state index is -0.586. The molecule has 2 aromatic rings. The molecular formula is C12H17N5O3. The Hall–Kier alpha value is -2.06. The first-order valence-corrected chi connectivity index (χ1v) is 6.24. The van der Waals surface area contributed by atoms with Crippen LogP contribution in [0.1, 0.15) is 22.5 Å². The Morgan fingerprint density at radius 3 is 3.10 bits per heavy atom. The maximum atomic E-state index is 12.0. The van der Waals surface area contributed by atoms with Crippen LogP contribution in [0, 0.1) is 6.92 Å².